The summed E-state index contributed by atoms with van der Waals surface area (Å²) < 4.78 is 6.12. The van der Waals surface area contributed by atoms with Gasteiger partial charge in [-0.25, -0.2) is 0 Å². The van der Waals surface area contributed by atoms with Crippen molar-refractivity contribution in [1.82, 2.24) is 10.2 Å². The molecule has 3 atom stereocenters. The zero-order chi connectivity index (χ0) is 23.1. The molecule has 0 radical (unpaired) electrons. The molecule has 1 aliphatic carbocycles. The van der Waals surface area contributed by atoms with Crippen molar-refractivity contribution in [3.8, 4) is 5.75 Å². The summed E-state index contributed by atoms with van der Waals surface area (Å²) in [5, 5.41) is 3.16. The largest absolute Gasteiger partial charge is 0.490 e. The number of amides is 2. The van der Waals surface area contributed by atoms with Crippen LogP contribution in [-0.2, 0) is 4.79 Å². The zero-order valence-electron chi connectivity index (χ0n) is 20.0. The first-order chi connectivity index (χ1) is 15.4. The molecular formula is C27H40N2O3. The second-order valence-corrected chi connectivity index (χ2v) is 9.90. The third-order valence-corrected chi connectivity index (χ3v) is 7.02. The highest BCUT2D eigenvalue weighted by atomic mass is 16.5. The summed E-state index contributed by atoms with van der Waals surface area (Å²) in [5.74, 6) is 2.61. The Morgan fingerprint density at radius 2 is 1.84 bits per heavy atom. The van der Waals surface area contributed by atoms with E-state index in [0.29, 0.717) is 23.8 Å². The van der Waals surface area contributed by atoms with Crippen LogP contribution in [0.1, 0.15) is 76.1 Å². The van der Waals surface area contributed by atoms with Crippen molar-refractivity contribution in [2.45, 2.75) is 77.9 Å². The van der Waals surface area contributed by atoms with Gasteiger partial charge >= 0.3 is 0 Å². The summed E-state index contributed by atoms with van der Waals surface area (Å²) in [7, 11) is 0. The van der Waals surface area contributed by atoms with Gasteiger partial charge in [0.05, 0.1) is 0 Å². The zero-order valence-corrected chi connectivity index (χ0v) is 20.0. The first kappa shape index (κ1) is 24.3. The van der Waals surface area contributed by atoms with Gasteiger partial charge in [0.2, 0.25) is 5.91 Å². The predicted octanol–water partition coefficient (Wildman–Crippen LogP) is 5.21. The minimum Gasteiger partial charge on any atom is -0.490 e. The lowest BCUT2D eigenvalue weighted by Gasteiger charge is -2.32. The molecule has 0 aromatic heterocycles. The van der Waals surface area contributed by atoms with Gasteiger partial charge in [-0.3, -0.25) is 9.59 Å². The van der Waals surface area contributed by atoms with Crippen LogP contribution in [-0.4, -0.2) is 41.9 Å². The van der Waals surface area contributed by atoms with Gasteiger partial charge in [-0.05, 0) is 54.9 Å². The number of nitrogens with one attached hydrogen (secondary N) is 1. The topological polar surface area (TPSA) is 58.6 Å². The Hall–Kier alpha value is -2.30. The van der Waals surface area contributed by atoms with E-state index >= 15 is 0 Å². The van der Waals surface area contributed by atoms with Crippen LogP contribution in [0.5, 0.6) is 5.75 Å². The maximum Gasteiger partial charge on any atom is 0.251 e. The Morgan fingerprint density at radius 1 is 1.16 bits per heavy atom. The number of carbonyl (C=O) groups is 2. The van der Waals surface area contributed by atoms with Crippen molar-refractivity contribution in [3.05, 3.63) is 42.5 Å². The van der Waals surface area contributed by atoms with Crippen molar-refractivity contribution in [2.75, 3.05) is 13.1 Å². The van der Waals surface area contributed by atoms with E-state index in [1.54, 1.807) is 0 Å². The second-order valence-electron chi connectivity index (χ2n) is 9.90. The highest BCUT2D eigenvalue weighted by molar-refractivity contribution is 5.94. The van der Waals surface area contributed by atoms with E-state index in [4.69, 9.17) is 4.74 Å². The average Bonchev–Trinajstić information content (AvgIpc) is 3.27. The third kappa shape index (κ3) is 6.60. The molecule has 0 bridgehead atoms. The number of nitrogens with zero attached hydrogens (tertiary/aromatic N) is 1. The van der Waals surface area contributed by atoms with Crippen LogP contribution in [0.3, 0.4) is 0 Å². The Kier molecular flexibility index (Phi) is 8.77. The molecule has 1 saturated heterocycles. The molecule has 2 fully saturated rings. The Balaban J connectivity index is 1.47. The van der Waals surface area contributed by atoms with Gasteiger partial charge in [0.25, 0.3) is 5.91 Å². The molecule has 5 nitrogen and oxygen atoms in total. The Labute approximate surface area is 193 Å². The first-order valence-corrected chi connectivity index (χ1v) is 12.4. The fourth-order valence-electron chi connectivity index (χ4n) is 4.99. The van der Waals surface area contributed by atoms with Crippen LogP contribution in [0.25, 0.3) is 0 Å². The summed E-state index contributed by atoms with van der Waals surface area (Å²) in [6.45, 7) is 11.8. The second kappa shape index (κ2) is 11.5. The number of piperidine rings is 1. The van der Waals surface area contributed by atoms with Gasteiger partial charge in [0.1, 0.15) is 11.9 Å². The summed E-state index contributed by atoms with van der Waals surface area (Å²) >= 11 is 0. The standard InChI is InChI=1S/C27H40N2O3/c1-5-20-7-8-22(18-20)25(6-2)28-27(31)21-9-11-23(12-10-21)32-24-13-15-29(16-14-24)26(30)17-19(3)4/h6,9-12,19-20,22,24-25H,2,5,7-8,13-18H2,1,3-4H3,(H,28,31). The van der Waals surface area contributed by atoms with E-state index in [1.807, 2.05) is 35.2 Å². The summed E-state index contributed by atoms with van der Waals surface area (Å²) in [4.78, 5) is 26.9. The highest BCUT2D eigenvalue weighted by Crippen LogP contribution is 2.35. The van der Waals surface area contributed by atoms with Crippen LogP contribution in [0.4, 0.5) is 0 Å². The van der Waals surface area contributed by atoms with Gasteiger partial charge in [-0.2, -0.15) is 0 Å². The van der Waals surface area contributed by atoms with Crippen LogP contribution in [0, 0.1) is 17.8 Å². The van der Waals surface area contributed by atoms with Crippen molar-refractivity contribution in [2.24, 2.45) is 17.8 Å². The molecule has 5 heteroatoms. The number of likely N-dealkylation sites (tertiary alicyclic amines) is 1. The summed E-state index contributed by atoms with van der Waals surface area (Å²) in [5.41, 5.74) is 0.642. The Morgan fingerprint density at radius 3 is 2.41 bits per heavy atom. The number of ether oxygens (including phenoxy) is 1. The number of hydrogen-bond acceptors (Lipinski definition) is 3. The van der Waals surface area contributed by atoms with E-state index in [0.717, 1.165) is 44.0 Å². The number of benzene rings is 1. The molecule has 1 aromatic rings. The van der Waals surface area contributed by atoms with Crippen molar-refractivity contribution >= 4 is 11.8 Å². The smallest absolute Gasteiger partial charge is 0.251 e. The lowest BCUT2D eigenvalue weighted by molar-refractivity contribution is -0.133. The molecule has 1 heterocycles. The highest BCUT2D eigenvalue weighted by Gasteiger charge is 2.29. The van der Waals surface area contributed by atoms with Crippen LogP contribution >= 0.6 is 0 Å². The molecule has 3 rings (SSSR count). The molecule has 2 aliphatic rings. The average molecular weight is 441 g/mol. The van der Waals surface area contributed by atoms with Gasteiger partial charge in [-0.1, -0.05) is 39.7 Å². The third-order valence-electron chi connectivity index (χ3n) is 7.02. The molecule has 176 valence electrons. The van der Waals surface area contributed by atoms with E-state index in [1.165, 1.54) is 19.3 Å². The fourth-order valence-corrected chi connectivity index (χ4v) is 4.99. The molecule has 1 saturated carbocycles. The summed E-state index contributed by atoms with van der Waals surface area (Å²) in [6, 6.07) is 7.43. The molecule has 2 amide bonds. The quantitative estimate of drug-likeness (QED) is 0.536. The van der Waals surface area contributed by atoms with Gasteiger partial charge in [0.15, 0.2) is 0 Å². The van der Waals surface area contributed by atoms with Crippen molar-refractivity contribution in [3.63, 3.8) is 0 Å². The maximum atomic E-state index is 12.8. The van der Waals surface area contributed by atoms with E-state index < -0.39 is 0 Å². The van der Waals surface area contributed by atoms with Crippen LogP contribution in [0.2, 0.25) is 0 Å². The van der Waals surface area contributed by atoms with Gasteiger partial charge in [-0.15, -0.1) is 6.58 Å². The normalized spacial score (nSPS) is 22.6. The predicted molar refractivity (Wildman–Crippen MR) is 129 cm³/mol. The number of carbonyl (C=O) groups excluding carboxylic acids is 2. The van der Waals surface area contributed by atoms with Crippen LogP contribution in [0.15, 0.2) is 36.9 Å². The minimum absolute atomic E-state index is 0.0265. The van der Waals surface area contributed by atoms with Crippen LogP contribution < -0.4 is 10.1 Å². The SMILES string of the molecule is C=CC(NC(=O)c1ccc(OC2CCN(C(=O)CC(C)C)CC2)cc1)C1CCC(CC)C1. The maximum absolute atomic E-state index is 12.8. The molecule has 1 aliphatic heterocycles. The molecule has 1 aromatic carbocycles. The molecular weight excluding hydrogens is 400 g/mol. The van der Waals surface area contributed by atoms with Crippen molar-refractivity contribution < 1.29 is 14.3 Å². The molecule has 3 unspecified atom stereocenters. The van der Waals surface area contributed by atoms with E-state index in [2.05, 4.69) is 32.7 Å². The summed E-state index contributed by atoms with van der Waals surface area (Å²) in [6.07, 6.45) is 9.07. The van der Waals surface area contributed by atoms with E-state index in [9.17, 15) is 9.59 Å². The molecule has 1 N–H and O–H groups in total. The fraction of sp³-hybridized carbons (Fsp3) is 0.630. The number of rotatable bonds is 9. The first-order valence-electron chi connectivity index (χ1n) is 12.4. The lowest BCUT2D eigenvalue weighted by Crippen LogP contribution is -2.42. The van der Waals surface area contributed by atoms with Crippen molar-refractivity contribution in [1.29, 1.82) is 0 Å². The Bertz CT molecular complexity index is 766. The number of hydrogen-bond donors (Lipinski definition) is 1. The minimum atomic E-state index is -0.0571. The molecule has 0 spiro atoms. The monoisotopic (exact) mass is 440 g/mol. The van der Waals surface area contributed by atoms with Gasteiger partial charge in [0, 0.05) is 44.0 Å². The lowest BCUT2D eigenvalue weighted by atomic mass is 9.95. The van der Waals surface area contributed by atoms with Gasteiger partial charge < -0.3 is 15.0 Å². The van der Waals surface area contributed by atoms with E-state index in [-0.39, 0.29) is 24.0 Å². The molecule has 32 heavy (non-hydrogen) atoms.